The van der Waals surface area contributed by atoms with Gasteiger partial charge in [0.2, 0.25) is 0 Å². The van der Waals surface area contributed by atoms with Crippen molar-refractivity contribution in [3.05, 3.63) is 29.8 Å². The number of alkyl halides is 2. The lowest BCUT2D eigenvalue weighted by Crippen LogP contribution is -2.30. The maximum absolute atomic E-state index is 12.2. The second kappa shape index (κ2) is 4.04. The fourth-order valence-electron chi connectivity index (χ4n) is 1.11. The third-order valence-electron chi connectivity index (χ3n) is 1.67. The molecule has 0 saturated heterocycles. The molecule has 0 unspecified atom stereocenters. The Hall–Kier alpha value is -0.975. The van der Waals surface area contributed by atoms with Crippen LogP contribution in [0.15, 0.2) is 24.3 Å². The van der Waals surface area contributed by atoms with Gasteiger partial charge < -0.3 is 15.2 Å². The molecule has 0 fully saturated rings. The van der Waals surface area contributed by atoms with Crippen LogP contribution < -0.4 is 5.46 Å². The Balaban J connectivity index is 2.84. The van der Waals surface area contributed by atoms with Crippen molar-refractivity contribution in [3.63, 3.8) is 0 Å². The molecule has 76 valence electrons. The standard InChI is InChI=1S/C8H9BF2O3/c10-8(11,12)5-6-2-1-3-7(4-6)9(13)14/h1-4,12-14H,5H2. The third kappa shape index (κ3) is 3.41. The molecule has 0 atom stereocenters. The number of hydrogen-bond donors (Lipinski definition) is 3. The largest absolute Gasteiger partial charge is 0.488 e. The van der Waals surface area contributed by atoms with E-state index < -0.39 is 19.6 Å². The lowest BCUT2D eigenvalue weighted by molar-refractivity contribution is -0.196. The maximum Gasteiger partial charge on any atom is 0.488 e. The molecule has 3 nitrogen and oxygen atoms in total. The molecule has 1 aromatic rings. The topological polar surface area (TPSA) is 60.7 Å². The van der Waals surface area contributed by atoms with E-state index >= 15 is 0 Å². The van der Waals surface area contributed by atoms with Gasteiger partial charge in [-0.1, -0.05) is 24.3 Å². The van der Waals surface area contributed by atoms with Crippen LogP contribution in [0.3, 0.4) is 0 Å². The fraction of sp³-hybridized carbons (Fsp3) is 0.250. The average molecular weight is 202 g/mol. The van der Waals surface area contributed by atoms with Crippen molar-refractivity contribution >= 4 is 12.6 Å². The minimum absolute atomic E-state index is 0.117. The lowest BCUT2D eigenvalue weighted by Gasteiger charge is -2.09. The molecule has 0 amide bonds. The zero-order valence-corrected chi connectivity index (χ0v) is 7.19. The van der Waals surface area contributed by atoms with Gasteiger partial charge in [-0.25, -0.2) is 0 Å². The molecule has 3 N–H and O–H groups in total. The van der Waals surface area contributed by atoms with Crippen LogP contribution in [0.5, 0.6) is 0 Å². The summed E-state index contributed by atoms with van der Waals surface area (Å²) in [7, 11) is -1.69. The van der Waals surface area contributed by atoms with E-state index in [0.29, 0.717) is 0 Å². The zero-order chi connectivity index (χ0) is 10.8. The second-order valence-corrected chi connectivity index (χ2v) is 2.96. The van der Waals surface area contributed by atoms with E-state index in [9.17, 15) is 8.78 Å². The molecule has 1 aromatic carbocycles. The van der Waals surface area contributed by atoms with Crippen molar-refractivity contribution in [1.82, 2.24) is 0 Å². The molecule has 0 saturated carbocycles. The van der Waals surface area contributed by atoms with E-state index in [4.69, 9.17) is 15.2 Å². The Labute approximate surface area is 79.8 Å². The highest BCUT2D eigenvalue weighted by atomic mass is 19.3. The molecule has 0 bridgehead atoms. The third-order valence-corrected chi connectivity index (χ3v) is 1.67. The second-order valence-electron chi connectivity index (χ2n) is 2.96. The maximum atomic E-state index is 12.2. The zero-order valence-electron chi connectivity index (χ0n) is 7.19. The molecule has 0 aliphatic heterocycles. The highest BCUT2D eigenvalue weighted by molar-refractivity contribution is 6.58. The molecule has 0 spiro atoms. The molecule has 0 heterocycles. The first-order chi connectivity index (χ1) is 6.38. The van der Waals surface area contributed by atoms with Gasteiger partial charge in [0, 0.05) is 0 Å². The van der Waals surface area contributed by atoms with E-state index in [2.05, 4.69) is 0 Å². The van der Waals surface area contributed by atoms with Crippen LogP contribution in [0, 0.1) is 0 Å². The predicted molar refractivity (Wildman–Crippen MR) is 47.1 cm³/mol. The van der Waals surface area contributed by atoms with Crippen molar-refractivity contribution in [2.75, 3.05) is 0 Å². The van der Waals surface area contributed by atoms with Crippen LogP contribution in [0.4, 0.5) is 8.78 Å². The van der Waals surface area contributed by atoms with Crippen LogP contribution in [0.1, 0.15) is 5.56 Å². The van der Waals surface area contributed by atoms with Crippen LogP contribution in [0.2, 0.25) is 0 Å². The number of rotatable bonds is 3. The van der Waals surface area contributed by atoms with Gasteiger partial charge in [0.15, 0.2) is 0 Å². The van der Waals surface area contributed by atoms with Crippen molar-refractivity contribution in [2.45, 2.75) is 12.5 Å². The van der Waals surface area contributed by atoms with Crippen molar-refractivity contribution in [1.29, 1.82) is 0 Å². The van der Waals surface area contributed by atoms with Crippen molar-refractivity contribution < 1.29 is 23.9 Å². The summed E-state index contributed by atoms with van der Waals surface area (Å²) in [6.45, 7) is 0. The summed E-state index contributed by atoms with van der Waals surface area (Å²) in [4.78, 5) is 0. The summed E-state index contributed by atoms with van der Waals surface area (Å²) in [5.74, 6) is 0. The smallest absolute Gasteiger partial charge is 0.423 e. The van der Waals surface area contributed by atoms with Gasteiger partial charge in [-0.3, -0.25) is 0 Å². The molecule has 0 aliphatic carbocycles. The number of aliphatic hydroxyl groups is 1. The average Bonchev–Trinajstić information content (AvgIpc) is 2.01. The lowest BCUT2D eigenvalue weighted by atomic mass is 9.79. The summed E-state index contributed by atoms with van der Waals surface area (Å²) in [5, 5.41) is 25.7. The monoisotopic (exact) mass is 202 g/mol. The quantitative estimate of drug-likeness (QED) is 0.578. The Morgan fingerprint density at radius 3 is 2.43 bits per heavy atom. The van der Waals surface area contributed by atoms with Gasteiger partial charge in [0.1, 0.15) is 0 Å². The Bertz CT molecular complexity index is 312. The Morgan fingerprint density at radius 1 is 1.29 bits per heavy atom. The minimum Gasteiger partial charge on any atom is -0.423 e. The highest BCUT2D eigenvalue weighted by Gasteiger charge is 2.25. The van der Waals surface area contributed by atoms with Crippen molar-refractivity contribution in [2.24, 2.45) is 0 Å². The molecule has 0 radical (unpaired) electrons. The van der Waals surface area contributed by atoms with Crippen LogP contribution in [-0.2, 0) is 6.42 Å². The van der Waals surface area contributed by atoms with Gasteiger partial charge in [-0.2, -0.15) is 8.78 Å². The summed E-state index contributed by atoms with van der Waals surface area (Å²) in [6.07, 6.45) is -4.62. The van der Waals surface area contributed by atoms with E-state index in [0.717, 1.165) is 0 Å². The predicted octanol–water partition coefficient (Wildman–Crippen LogP) is -0.506. The molecular formula is C8H9BF2O3. The molecular weight excluding hydrogens is 193 g/mol. The van der Waals surface area contributed by atoms with Gasteiger partial charge >= 0.3 is 13.2 Å². The van der Waals surface area contributed by atoms with E-state index in [1.807, 2.05) is 0 Å². The minimum atomic E-state index is -3.78. The Morgan fingerprint density at radius 2 is 1.93 bits per heavy atom. The van der Waals surface area contributed by atoms with Gasteiger partial charge in [0.25, 0.3) is 0 Å². The molecule has 0 aliphatic rings. The van der Waals surface area contributed by atoms with Gasteiger partial charge in [-0.15, -0.1) is 0 Å². The SMILES string of the molecule is OB(O)c1cccc(CC(O)(F)F)c1. The Kier molecular flexibility index (Phi) is 3.20. The van der Waals surface area contributed by atoms with Crippen molar-refractivity contribution in [3.8, 4) is 0 Å². The summed E-state index contributed by atoms with van der Waals surface area (Å²) in [6, 6.07) is 5.38. The first kappa shape index (κ1) is 11.1. The molecule has 14 heavy (non-hydrogen) atoms. The molecule has 6 heteroatoms. The fourth-order valence-corrected chi connectivity index (χ4v) is 1.11. The van der Waals surface area contributed by atoms with E-state index in [1.54, 1.807) is 0 Å². The van der Waals surface area contributed by atoms with Gasteiger partial charge in [0.05, 0.1) is 6.42 Å². The summed E-state index contributed by atoms with van der Waals surface area (Å²) < 4.78 is 24.3. The van der Waals surface area contributed by atoms with Crippen LogP contribution >= 0.6 is 0 Å². The molecule has 0 aromatic heterocycles. The first-order valence-electron chi connectivity index (χ1n) is 3.94. The highest BCUT2D eigenvalue weighted by Crippen LogP contribution is 2.15. The first-order valence-corrected chi connectivity index (χ1v) is 3.94. The summed E-state index contributed by atoms with van der Waals surface area (Å²) >= 11 is 0. The van der Waals surface area contributed by atoms with Crippen LogP contribution in [-0.4, -0.2) is 28.4 Å². The van der Waals surface area contributed by atoms with Gasteiger partial charge in [-0.05, 0) is 11.0 Å². The normalized spacial score (nSPS) is 11.5. The molecule has 1 rings (SSSR count). The number of benzene rings is 1. The van der Waals surface area contributed by atoms with E-state index in [-0.39, 0.29) is 11.0 Å². The number of hydrogen-bond acceptors (Lipinski definition) is 3. The summed E-state index contributed by atoms with van der Waals surface area (Å²) in [5.41, 5.74) is 0.259. The van der Waals surface area contributed by atoms with Crippen LogP contribution in [0.25, 0.3) is 0 Å². The number of halogens is 2. The van der Waals surface area contributed by atoms with E-state index in [1.165, 1.54) is 24.3 Å².